The quantitative estimate of drug-likeness (QED) is 0.733. The highest BCUT2D eigenvalue weighted by Gasteiger charge is 2.48. The Bertz CT molecular complexity index is 314. The van der Waals surface area contributed by atoms with Crippen LogP contribution in [0.25, 0.3) is 0 Å². The van der Waals surface area contributed by atoms with Crippen molar-refractivity contribution >= 4 is 9.84 Å². The van der Waals surface area contributed by atoms with E-state index in [1.165, 1.54) is 0 Å². The lowest BCUT2D eigenvalue weighted by Crippen LogP contribution is -2.48. The van der Waals surface area contributed by atoms with Crippen LogP contribution in [0.15, 0.2) is 0 Å². The normalized spacial score (nSPS) is 20.9. The van der Waals surface area contributed by atoms with E-state index in [-0.39, 0.29) is 10.7 Å². The first-order valence-electron chi connectivity index (χ1n) is 5.84. The maximum Gasteiger partial charge on any atom is 0.158 e. The monoisotopic (exact) mass is 232 g/mol. The van der Waals surface area contributed by atoms with E-state index in [4.69, 9.17) is 0 Å². The van der Waals surface area contributed by atoms with E-state index in [2.05, 4.69) is 0 Å². The van der Waals surface area contributed by atoms with Gasteiger partial charge in [-0.15, -0.1) is 0 Å². The number of hydrogen-bond acceptors (Lipinski definition) is 2. The summed E-state index contributed by atoms with van der Waals surface area (Å²) in [6.07, 6.45) is 3.87. The fourth-order valence-electron chi connectivity index (χ4n) is 2.04. The molecule has 0 saturated heterocycles. The Morgan fingerprint density at radius 2 is 1.33 bits per heavy atom. The summed E-state index contributed by atoms with van der Waals surface area (Å²) in [5.74, 6) is 0. The van der Waals surface area contributed by atoms with Gasteiger partial charge >= 0.3 is 0 Å². The summed E-state index contributed by atoms with van der Waals surface area (Å²) >= 11 is 0. The van der Waals surface area contributed by atoms with E-state index in [1.54, 1.807) is 0 Å². The molecule has 0 amide bonds. The first kappa shape index (κ1) is 13.0. The Morgan fingerprint density at radius 1 is 0.933 bits per heavy atom. The van der Waals surface area contributed by atoms with Crippen molar-refractivity contribution < 1.29 is 8.42 Å². The second-order valence-corrected chi connectivity index (χ2v) is 8.99. The van der Waals surface area contributed by atoms with E-state index in [9.17, 15) is 8.42 Å². The molecule has 0 unspecified atom stereocenters. The molecule has 90 valence electrons. The third-order valence-corrected chi connectivity index (χ3v) is 7.64. The smallest absolute Gasteiger partial charge is 0.158 e. The highest BCUT2D eigenvalue weighted by molar-refractivity contribution is 7.93. The van der Waals surface area contributed by atoms with Gasteiger partial charge in [0, 0.05) is 0 Å². The molecular weight excluding hydrogens is 208 g/mol. The van der Waals surface area contributed by atoms with Gasteiger partial charge in [-0.05, 0) is 32.1 Å². The molecule has 0 aromatic rings. The minimum atomic E-state index is -3.00. The van der Waals surface area contributed by atoms with Gasteiger partial charge in [-0.1, -0.05) is 33.6 Å². The SMILES string of the molecule is CC(C)(C)C(C)(C)S(=O)(=O)C1CCCC1. The van der Waals surface area contributed by atoms with Crippen LogP contribution in [0, 0.1) is 5.41 Å². The van der Waals surface area contributed by atoms with Gasteiger partial charge < -0.3 is 0 Å². The Hall–Kier alpha value is -0.0500. The van der Waals surface area contributed by atoms with E-state index in [1.807, 2.05) is 34.6 Å². The second-order valence-electron chi connectivity index (χ2n) is 6.21. The van der Waals surface area contributed by atoms with Crippen molar-refractivity contribution in [2.45, 2.75) is 70.3 Å². The molecule has 0 atom stereocenters. The van der Waals surface area contributed by atoms with Gasteiger partial charge in [0.15, 0.2) is 9.84 Å². The number of rotatable bonds is 2. The number of hydrogen-bond donors (Lipinski definition) is 0. The van der Waals surface area contributed by atoms with Crippen molar-refractivity contribution in [2.75, 3.05) is 0 Å². The predicted octanol–water partition coefficient (Wildman–Crippen LogP) is 3.17. The van der Waals surface area contributed by atoms with Crippen LogP contribution in [0.1, 0.15) is 60.3 Å². The molecule has 0 spiro atoms. The first-order chi connectivity index (χ1) is 6.61. The zero-order chi connectivity index (χ0) is 11.9. The minimum Gasteiger partial charge on any atom is -0.228 e. The maximum atomic E-state index is 12.5. The third-order valence-electron chi connectivity index (χ3n) is 4.26. The van der Waals surface area contributed by atoms with Gasteiger partial charge in [0.25, 0.3) is 0 Å². The van der Waals surface area contributed by atoms with Crippen LogP contribution in [0.4, 0.5) is 0 Å². The molecule has 1 aliphatic rings. The number of sulfone groups is 1. The maximum absolute atomic E-state index is 12.5. The summed E-state index contributed by atoms with van der Waals surface area (Å²) in [6.45, 7) is 9.79. The highest BCUT2D eigenvalue weighted by atomic mass is 32.2. The van der Waals surface area contributed by atoms with E-state index in [0.717, 1.165) is 25.7 Å². The van der Waals surface area contributed by atoms with Crippen LogP contribution in [0.3, 0.4) is 0 Å². The van der Waals surface area contributed by atoms with Crippen molar-refractivity contribution in [2.24, 2.45) is 5.41 Å². The molecule has 0 heterocycles. The van der Waals surface area contributed by atoms with Gasteiger partial charge in [-0.3, -0.25) is 0 Å². The lowest BCUT2D eigenvalue weighted by Gasteiger charge is -2.39. The van der Waals surface area contributed by atoms with Gasteiger partial charge in [-0.2, -0.15) is 0 Å². The van der Waals surface area contributed by atoms with E-state index in [0.29, 0.717) is 0 Å². The molecule has 0 aromatic carbocycles. The molecule has 1 aliphatic carbocycles. The molecule has 0 radical (unpaired) electrons. The molecular formula is C12H24O2S. The molecule has 0 bridgehead atoms. The van der Waals surface area contributed by atoms with Crippen LogP contribution in [-0.2, 0) is 9.84 Å². The zero-order valence-corrected chi connectivity index (χ0v) is 11.4. The molecule has 1 saturated carbocycles. The Labute approximate surface area is 94.4 Å². The van der Waals surface area contributed by atoms with E-state index >= 15 is 0 Å². The van der Waals surface area contributed by atoms with Crippen molar-refractivity contribution in [3.63, 3.8) is 0 Å². The van der Waals surface area contributed by atoms with Gasteiger partial charge in [-0.25, -0.2) is 8.42 Å². The summed E-state index contributed by atoms with van der Waals surface area (Å²) in [7, 11) is -3.00. The van der Waals surface area contributed by atoms with Crippen molar-refractivity contribution in [3.05, 3.63) is 0 Å². The Kier molecular flexibility index (Phi) is 3.26. The topological polar surface area (TPSA) is 34.1 Å². The van der Waals surface area contributed by atoms with Crippen molar-refractivity contribution in [1.82, 2.24) is 0 Å². The third kappa shape index (κ3) is 2.08. The van der Waals surface area contributed by atoms with Crippen LogP contribution in [0.2, 0.25) is 0 Å². The molecule has 0 N–H and O–H groups in total. The largest absolute Gasteiger partial charge is 0.228 e. The summed E-state index contributed by atoms with van der Waals surface area (Å²) in [4.78, 5) is 0. The van der Waals surface area contributed by atoms with Crippen molar-refractivity contribution in [1.29, 1.82) is 0 Å². The first-order valence-corrected chi connectivity index (χ1v) is 7.39. The molecule has 3 heteroatoms. The van der Waals surface area contributed by atoms with Crippen molar-refractivity contribution in [3.8, 4) is 0 Å². The van der Waals surface area contributed by atoms with Gasteiger partial charge in [0.1, 0.15) is 0 Å². The second kappa shape index (κ2) is 3.76. The summed E-state index contributed by atoms with van der Waals surface area (Å²) in [6, 6.07) is 0. The summed E-state index contributed by atoms with van der Waals surface area (Å²) in [5, 5.41) is -0.0910. The van der Waals surface area contributed by atoms with Crippen LogP contribution < -0.4 is 0 Å². The molecule has 1 fully saturated rings. The molecule has 15 heavy (non-hydrogen) atoms. The molecule has 2 nitrogen and oxygen atoms in total. The Morgan fingerprint density at radius 3 is 1.67 bits per heavy atom. The molecule has 0 aromatic heterocycles. The van der Waals surface area contributed by atoms with Crippen LogP contribution in [0.5, 0.6) is 0 Å². The van der Waals surface area contributed by atoms with E-state index < -0.39 is 14.6 Å². The highest BCUT2D eigenvalue weighted by Crippen LogP contribution is 2.42. The average Bonchev–Trinajstić information content (AvgIpc) is 2.53. The molecule has 1 rings (SSSR count). The summed E-state index contributed by atoms with van der Waals surface area (Å²) < 4.78 is 24.4. The van der Waals surface area contributed by atoms with Gasteiger partial charge in [0.05, 0.1) is 10.00 Å². The predicted molar refractivity (Wildman–Crippen MR) is 64.7 cm³/mol. The van der Waals surface area contributed by atoms with Crippen LogP contribution >= 0.6 is 0 Å². The van der Waals surface area contributed by atoms with Gasteiger partial charge in [0.2, 0.25) is 0 Å². The fraction of sp³-hybridized carbons (Fsp3) is 1.00. The lowest BCUT2D eigenvalue weighted by atomic mass is 9.82. The average molecular weight is 232 g/mol. The zero-order valence-electron chi connectivity index (χ0n) is 10.6. The minimum absolute atomic E-state index is 0.0910. The lowest BCUT2D eigenvalue weighted by molar-refractivity contribution is 0.299. The summed E-state index contributed by atoms with van der Waals surface area (Å²) in [5.41, 5.74) is -0.200. The van der Waals surface area contributed by atoms with Crippen LogP contribution in [-0.4, -0.2) is 18.4 Å². The molecule has 0 aliphatic heterocycles. The standard InChI is InChI=1S/C12H24O2S/c1-11(2,3)12(4,5)15(13,14)10-8-6-7-9-10/h10H,6-9H2,1-5H3. The Balaban J connectivity index is 3.04. The fourth-order valence-corrected chi connectivity index (χ4v) is 4.68.